The first kappa shape index (κ1) is 13.8. The lowest BCUT2D eigenvalue weighted by Gasteiger charge is -2.50. The number of hydrogen-bond donors (Lipinski definition) is 1. The van der Waals surface area contributed by atoms with Crippen LogP contribution in [0.1, 0.15) is 18.1 Å². The van der Waals surface area contributed by atoms with E-state index in [-0.39, 0.29) is 5.91 Å². The topological polar surface area (TPSA) is 56.2 Å². The molecule has 1 spiro atoms. The second kappa shape index (κ2) is 4.57. The summed E-state index contributed by atoms with van der Waals surface area (Å²) in [6.07, 6.45) is 3.57. The molecule has 1 N–H and O–H groups in total. The molecule has 4 rings (SSSR count). The number of nitrogens with one attached hydrogen (secondary N) is 1. The van der Waals surface area contributed by atoms with Gasteiger partial charge in [0.1, 0.15) is 5.54 Å². The van der Waals surface area contributed by atoms with E-state index in [1.165, 1.54) is 0 Å². The standard InChI is InChI=1S/C16H16ClN3O2/c1-15(8-20-6-2-5-18-20)13-7-11(17)3-4-12(13)16(9-22-10-16)19-14(15)21/h2-7H,8-10H2,1H3,(H,19,21). The first-order chi connectivity index (χ1) is 10.5. The summed E-state index contributed by atoms with van der Waals surface area (Å²) in [7, 11) is 0. The summed E-state index contributed by atoms with van der Waals surface area (Å²) >= 11 is 6.20. The molecule has 1 aromatic heterocycles. The zero-order valence-corrected chi connectivity index (χ0v) is 12.9. The quantitative estimate of drug-likeness (QED) is 0.919. The van der Waals surface area contributed by atoms with Gasteiger partial charge in [-0.15, -0.1) is 0 Å². The van der Waals surface area contributed by atoms with Crippen LogP contribution in [0.25, 0.3) is 0 Å². The SMILES string of the molecule is CC1(Cn2cccn2)C(=O)NC2(COC2)c2ccc(Cl)cc21. The number of aromatic nitrogens is 2. The maximum absolute atomic E-state index is 12.9. The third-order valence-electron chi connectivity index (χ3n) is 4.68. The Kier molecular flexibility index (Phi) is 2.86. The van der Waals surface area contributed by atoms with Crippen molar-refractivity contribution in [3.8, 4) is 0 Å². The summed E-state index contributed by atoms with van der Waals surface area (Å²) < 4.78 is 7.14. The van der Waals surface area contributed by atoms with Crippen LogP contribution in [0.2, 0.25) is 5.02 Å². The fourth-order valence-electron chi connectivity index (χ4n) is 3.34. The largest absolute Gasteiger partial charge is 0.376 e. The van der Waals surface area contributed by atoms with E-state index in [2.05, 4.69) is 10.4 Å². The Morgan fingerprint density at radius 3 is 2.86 bits per heavy atom. The van der Waals surface area contributed by atoms with Crippen molar-refractivity contribution in [3.63, 3.8) is 0 Å². The zero-order valence-electron chi connectivity index (χ0n) is 12.2. The van der Waals surface area contributed by atoms with Crippen molar-refractivity contribution in [2.75, 3.05) is 13.2 Å². The van der Waals surface area contributed by atoms with E-state index in [4.69, 9.17) is 16.3 Å². The van der Waals surface area contributed by atoms with E-state index in [1.54, 1.807) is 10.9 Å². The average Bonchev–Trinajstić information content (AvgIpc) is 2.94. The van der Waals surface area contributed by atoms with Gasteiger partial charge in [0.05, 0.1) is 25.2 Å². The van der Waals surface area contributed by atoms with Gasteiger partial charge >= 0.3 is 0 Å². The number of ether oxygens (including phenoxy) is 1. The van der Waals surface area contributed by atoms with Gasteiger partial charge in [-0.1, -0.05) is 17.7 Å². The fraction of sp³-hybridized carbons (Fsp3) is 0.375. The molecule has 0 saturated carbocycles. The summed E-state index contributed by atoms with van der Waals surface area (Å²) in [4.78, 5) is 12.9. The summed E-state index contributed by atoms with van der Waals surface area (Å²) in [5.41, 5.74) is 0.938. The number of rotatable bonds is 2. The lowest BCUT2D eigenvalue weighted by Crippen LogP contribution is -2.67. The predicted octanol–water partition coefficient (Wildman–Crippen LogP) is 1.85. The number of carbonyl (C=O) groups excluding carboxylic acids is 1. The number of halogens is 1. The number of amides is 1. The fourth-order valence-corrected chi connectivity index (χ4v) is 3.52. The van der Waals surface area contributed by atoms with Crippen LogP contribution in [-0.2, 0) is 27.0 Å². The molecule has 2 aliphatic rings. The molecule has 0 radical (unpaired) electrons. The number of fused-ring (bicyclic) bond motifs is 2. The van der Waals surface area contributed by atoms with Gasteiger partial charge in [0, 0.05) is 17.4 Å². The Bertz CT molecular complexity index is 740. The Labute approximate surface area is 133 Å². The molecular weight excluding hydrogens is 302 g/mol. The first-order valence-electron chi connectivity index (χ1n) is 7.22. The molecule has 5 nitrogen and oxygen atoms in total. The van der Waals surface area contributed by atoms with Crippen LogP contribution in [0.5, 0.6) is 0 Å². The van der Waals surface area contributed by atoms with Crippen molar-refractivity contribution in [1.29, 1.82) is 0 Å². The van der Waals surface area contributed by atoms with Gasteiger partial charge in [-0.05, 0) is 36.2 Å². The van der Waals surface area contributed by atoms with E-state index in [0.717, 1.165) is 11.1 Å². The molecule has 22 heavy (non-hydrogen) atoms. The molecule has 114 valence electrons. The predicted molar refractivity (Wildman–Crippen MR) is 81.7 cm³/mol. The average molecular weight is 318 g/mol. The first-order valence-corrected chi connectivity index (χ1v) is 7.60. The summed E-state index contributed by atoms with van der Waals surface area (Å²) in [5.74, 6) is -0.0129. The van der Waals surface area contributed by atoms with Crippen LogP contribution in [0.4, 0.5) is 0 Å². The van der Waals surface area contributed by atoms with Gasteiger partial charge in [-0.2, -0.15) is 5.10 Å². The maximum atomic E-state index is 12.9. The highest BCUT2D eigenvalue weighted by Crippen LogP contribution is 2.43. The van der Waals surface area contributed by atoms with Crippen LogP contribution < -0.4 is 5.32 Å². The second-order valence-corrected chi connectivity index (χ2v) is 6.69. The van der Waals surface area contributed by atoms with E-state index in [1.807, 2.05) is 37.4 Å². The molecule has 2 aromatic rings. The van der Waals surface area contributed by atoms with Crippen molar-refractivity contribution < 1.29 is 9.53 Å². The highest BCUT2D eigenvalue weighted by Gasteiger charge is 2.53. The molecule has 0 aliphatic carbocycles. The molecule has 1 aromatic carbocycles. The number of nitrogens with zero attached hydrogens (tertiary/aromatic N) is 2. The number of carbonyl (C=O) groups is 1. The molecule has 1 fully saturated rings. The third kappa shape index (κ3) is 1.82. The van der Waals surface area contributed by atoms with Crippen LogP contribution in [0.3, 0.4) is 0 Å². The highest BCUT2D eigenvalue weighted by molar-refractivity contribution is 6.30. The Morgan fingerprint density at radius 2 is 2.23 bits per heavy atom. The summed E-state index contributed by atoms with van der Waals surface area (Å²) in [6, 6.07) is 7.62. The molecule has 1 atom stereocenters. The van der Waals surface area contributed by atoms with Crippen molar-refractivity contribution >= 4 is 17.5 Å². The van der Waals surface area contributed by atoms with Crippen LogP contribution in [-0.4, -0.2) is 28.9 Å². The molecule has 2 aliphatic heterocycles. The Hall–Kier alpha value is -1.85. The van der Waals surface area contributed by atoms with Crippen LogP contribution >= 0.6 is 11.6 Å². The van der Waals surface area contributed by atoms with Crippen LogP contribution in [0, 0.1) is 0 Å². The third-order valence-corrected chi connectivity index (χ3v) is 4.92. The van der Waals surface area contributed by atoms with Gasteiger partial charge < -0.3 is 10.1 Å². The van der Waals surface area contributed by atoms with E-state index >= 15 is 0 Å². The second-order valence-electron chi connectivity index (χ2n) is 6.25. The molecule has 0 bridgehead atoms. The molecule has 3 heterocycles. The minimum atomic E-state index is -0.715. The molecular formula is C16H16ClN3O2. The maximum Gasteiger partial charge on any atom is 0.233 e. The van der Waals surface area contributed by atoms with Crippen molar-refractivity contribution in [3.05, 3.63) is 52.8 Å². The minimum absolute atomic E-state index is 0.0129. The lowest BCUT2D eigenvalue weighted by molar-refractivity contribution is -0.142. The van der Waals surface area contributed by atoms with Crippen molar-refractivity contribution in [2.45, 2.75) is 24.4 Å². The summed E-state index contributed by atoms with van der Waals surface area (Å²) in [5, 5.41) is 8.03. The van der Waals surface area contributed by atoms with Crippen molar-refractivity contribution in [2.24, 2.45) is 0 Å². The van der Waals surface area contributed by atoms with Crippen LogP contribution in [0.15, 0.2) is 36.7 Å². The lowest BCUT2D eigenvalue weighted by atomic mass is 9.69. The molecule has 1 amide bonds. The molecule has 1 saturated heterocycles. The molecule has 6 heteroatoms. The monoisotopic (exact) mass is 317 g/mol. The van der Waals surface area contributed by atoms with Crippen molar-refractivity contribution in [1.82, 2.24) is 15.1 Å². The molecule has 1 unspecified atom stereocenters. The number of hydrogen-bond acceptors (Lipinski definition) is 3. The van der Waals surface area contributed by atoms with Gasteiger partial charge in [0.2, 0.25) is 5.91 Å². The van der Waals surface area contributed by atoms with E-state index in [9.17, 15) is 4.79 Å². The van der Waals surface area contributed by atoms with Gasteiger partial charge in [-0.3, -0.25) is 9.48 Å². The van der Waals surface area contributed by atoms with Gasteiger partial charge in [0.25, 0.3) is 0 Å². The Balaban J connectivity index is 1.86. The smallest absolute Gasteiger partial charge is 0.233 e. The van der Waals surface area contributed by atoms with E-state index < -0.39 is 11.0 Å². The normalized spacial score (nSPS) is 25.5. The summed E-state index contributed by atoms with van der Waals surface area (Å²) in [6.45, 7) is 3.41. The number of benzene rings is 1. The Morgan fingerprint density at radius 1 is 1.41 bits per heavy atom. The highest BCUT2D eigenvalue weighted by atomic mass is 35.5. The minimum Gasteiger partial charge on any atom is -0.376 e. The van der Waals surface area contributed by atoms with Gasteiger partial charge in [-0.25, -0.2) is 0 Å². The van der Waals surface area contributed by atoms with Gasteiger partial charge in [0.15, 0.2) is 0 Å². The zero-order chi connectivity index (χ0) is 15.4. The van der Waals surface area contributed by atoms with E-state index in [0.29, 0.717) is 24.8 Å².